The number of benzene rings is 11. The number of anilines is 3. The van der Waals surface area contributed by atoms with Crippen LogP contribution in [0.15, 0.2) is 258 Å². The van der Waals surface area contributed by atoms with Gasteiger partial charge in [0.15, 0.2) is 0 Å². The first kappa shape index (κ1) is 38.5. The van der Waals surface area contributed by atoms with Gasteiger partial charge < -0.3 is 13.7 Å². The Morgan fingerprint density at radius 2 is 0.806 bits per heavy atom. The summed E-state index contributed by atoms with van der Waals surface area (Å²) < 4.78 is 12.8. The first-order valence-electron chi connectivity index (χ1n) is 22.8. The third kappa shape index (κ3) is 6.67. The highest BCUT2D eigenvalue weighted by Crippen LogP contribution is 2.45. The molecule has 314 valence electrons. The van der Waals surface area contributed by atoms with E-state index in [9.17, 15) is 0 Å². The van der Waals surface area contributed by atoms with Crippen LogP contribution in [-0.4, -0.2) is 0 Å². The molecule has 11 aromatic carbocycles. The number of rotatable bonds is 8. The molecule has 13 rings (SSSR count). The van der Waals surface area contributed by atoms with Crippen molar-refractivity contribution >= 4 is 71.7 Å². The normalized spacial score (nSPS) is 11.6. The number of hydrogen-bond donors (Lipinski definition) is 0. The van der Waals surface area contributed by atoms with Crippen molar-refractivity contribution in [2.24, 2.45) is 0 Å². The molecule has 0 aliphatic rings. The van der Waals surface area contributed by atoms with Gasteiger partial charge in [0, 0.05) is 44.2 Å². The second-order valence-electron chi connectivity index (χ2n) is 17.2. The van der Waals surface area contributed by atoms with Crippen molar-refractivity contribution in [1.29, 1.82) is 0 Å². The number of hydrogen-bond acceptors (Lipinski definition) is 3. The maximum absolute atomic E-state index is 6.52. The summed E-state index contributed by atoms with van der Waals surface area (Å²) in [4.78, 5) is 2.35. The molecule has 0 spiro atoms. The van der Waals surface area contributed by atoms with Crippen LogP contribution < -0.4 is 4.90 Å². The third-order valence-electron chi connectivity index (χ3n) is 13.3. The quantitative estimate of drug-likeness (QED) is 0.152. The molecule has 2 aromatic heterocycles. The Kier molecular flexibility index (Phi) is 9.17. The molecular weight excluding hydrogens is 815 g/mol. The summed E-state index contributed by atoms with van der Waals surface area (Å²) in [6.45, 7) is 0. The van der Waals surface area contributed by atoms with Gasteiger partial charge in [-0.2, -0.15) is 0 Å². The fourth-order valence-corrected chi connectivity index (χ4v) is 10.1. The molecule has 3 heteroatoms. The first-order valence-corrected chi connectivity index (χ1v) is 22.8. The summed E-state index contributed by atoms with van der Waals surface area (Å²) in [5.41, 5.74) is 18.3. The van der Waals surface area contributed by atoms with Crippen LogP contribution in [0.3, 0.4) is 0 Å². The first-order chi connectivity index (χ1) is 33.2. The Bertz CT molecular complexity index is 3960. The van der Waals surface area contributed by atoms with Crippen LogP contribution in [-0.2, 0) is 0 Å². The van der Waals surface area contributed by atoms with Gasteiger partial charge in [0.25, 0.3) is 0 Å². The van der Waals surface area contributed by atoms with Crippen molar-refractivity contribution in [2.45, 2.75) is 0 Å². The zero-order valence-electron chi connectivity index (χ0n) is 36.4. The van der Waals surface area contributed by atoms with Crippen LogP contribution in [0.25, 0.3) is 110 Å². The Balaban J connectivity index is 0.927. The predicted octanol–water partition coefficient (Wildman–Crippen LogP) is 18.4. The van der Waals surface area contributed by atoms with Gasteiger partial charge in [-0.15, -0.1) is 0 Å². The van der Waals surface area contributed by atoms with Crippen molar-refractivity contribution in [1.82, 2.24) is 0 Å². The van der Waals surface area contributed by atoms with Crippen molar-refractivity contribution in [3.8, 4) is 55.6 Å². The van der Waals surface area contributed by atoms with Gasteiger partial charge in [-0.25, -0.2) is 0 Å². The lowest BCUT2D eigenvalue weighted by Gasteiger charge is -2.26. The topological polar surface area (TPSA) is 29.5 Å². The van der Waals surface area contributed by atoms with Crippen molar-refractivity contribution in [3.63, 3.8) is 0 Å². The largest absolute Gasteiger partial charge is 0.456 e. The number of fused-ring (bicyclic) bond motifs is 8. The van der Waals surface area contributed by atoms with Gasteiger partial charge in [-0.3, -0.25) is 0 Å². The summed E-state index contributed by atoms with van der Waals surface area (Å²) in [7, 11) is 0. The van der Waals surface area contributed by atoms with E-state index in [1.54, 1.807) is 0 Å². The van der Waals surface area contributed by atoms with Crippen LogP contribution in [0.1, 0.15) is 0 Å². The van der Waals surface area contributed by atoms with Crippen molar-refractivity contribution in [2.75, 3.05) is 4.90 Å². The lowest BCUT2D eigenvalue weighted by molar-refractivity contribution is 0.669. The zero-order valence-corrected chi connectivity index (χ0v) is 36.4. The molecule has 0 bridgehead atoms. The molecule has 0 aliphatic carbocycles. The lowest BCUT2D eigenvalue weighted by Crippen LogP contribution is -2.10. The van der Waals surface area contributed by atoms with Gasteiger partial charge in [0.1, 0.15) is 22.3 Å². The maximum Gasteiger partial charge on any atom is 0.143 e. The molecule has 0 fully saturated rings. The Morgan fingerprint density at radius 1 is 0.269 bits per heavy atom. The van der Waals surface area contributed by atoms with Gasteiger partial charge in [0.05, 0.1) is 0 Å². The van der Waals surface area contributed by atoms with Gasteiger partial charge in [-0.1, -0.05) is 188 Å². The molecule has 2 heterocycles. The van der Waals surface area contributed by atoms with Crippen LogP contribution >= 0.6 is 0 Å². The molecule has 67 heavy (non-hydrogen) atoms. The fraction of sp³-hybridized carbons (Fsp3) is 0. The molecule has 0 amide bonds. The van der Waals surface area contributed by atoms with E-state index >= 15 is 0 Å². The monoisotopic (exact) mass is 855 g/mol. The molecule has 0 saturated heterocycles. The maximum atomic E-state index is 6.52. The third-order valence-corrected chi connectivity index (χ3v) is 13.3. The highest BCUT2D eigenvalue weighted by Gasteiger charge is 2.20. The van der Waals surface area contributed by atoms with E-state index in [0.717, 1.165) is 77.6 Å². The summed E-state index contributed by atoms with van der Waals surface area (Å²) in [5.74, 6) is 0. The minimum absolute atomic E-state index is 0.893. The molecule has 0 unspecified atom stereocenters. The van der Waals surface area contributed by atoms with Crippen LogP contribution in [0.5, 0.6) is 0 Å². The molecule has 0 aliphatic heterocycles. The van der Waals surface area contributed by atoms with Crippen molar-refractivity contribution < 1.29 is 8.83 Å². The van der Waals surface area contributed by atoms with E-state index in [-0.39, 0.29) is 0 Å². The van der Waals surface area contributed by atoms with Crippen LogP contribution in [0.4, 0.5) is 17.1 Å². The molecule has 13 aromatic rings. The Morgan fingerprint density at radius 3 is 1.57 bits per heavy atom. The van der Waals surface area contributed by atoms with E-state index in [0.29, 0.717) is 0 Å². The Hall–Kier alpha value is -8.92. The fourth-order valence-electron chi connectivity index (χ4n) is 10.1. The summed E-state index contributed by atoms with van der Waals surface area (Å²) >= 11 is 0. The van der Waals surface area contributed by atoms with Crippen LogP contribution in [0, 0.1) is 0 Å². The van der Waals surface area contributed by atoms with Gasteiger partial charge >= 0.3 is 0 Å². The van der Waals surface area contributed by atoms with Crippen LogP contribution in [0.2, 0.25) is 0 Å². The van der Waals surface area contributed by atoms with Gasteiger partial charge in [-0.05, 0) is 122 Å². The molecule has 0 atom stereocenters. The predicted molar refractivity (Wildman–Crippen MR) is 280 cm³/mol. The minimum Gasteiger partial charge on any atom is -0.456 e. The summed E-state index contributed by atoms with van der Waals surface area (Å²) in [6.07, 6.45) is 0. The van der Waals surface area contributed by atoms with E-state index in [4.69, 9.17) is 8.83 Å². The SMILES string of the molecule is c1ccc(-c2ccc(N(c3ccc(-c4cccc(-c5ccc6c(ccc7oc8ccccc8c76)c5)c4-c4ccccc4)cc3)c3cccc(-c4cccc5c4oc4ccccc45)c3)cc2)cc1. The van der Waals surface area contributed by atoms with Gasteiger partial charge in [0.2, 0.25) is 0 Å². The zero-order chi connectivity index (χ0) is 44.3. The standard InChI is InChI=1S/C64H41NO2/c1-3-14-42(15-4-1)43-28-34-49(35-29-43)65(51-19-11-18-46(41-51)55-24-13-25-57-56-20-7-9-26-59(56)67-64(55)57)50-36-30-44(31-37-50)52-22-12-23-53(62(52)45-16-5-2-6-17-45)47-32-38-54-48(40-47)33-39-61-63(54)58-21-8-10-27-60(58)66-61/h1-41H. The number of furan rings is 2. The smallest absolute Gasteiger partial charge is 0.143 e. The second-order valence-corrected chi connectivity index (χ2v) is 17.2. The second kappa shape index (κ2) is 16.0. The highest BCUT2D eigenvalue weighted by molar-refractivity contribution is 6.19. The molecule has 0 radical (unpaired) electrons. The average Bonchev–Trinajstić information content (AvgIpc) is 3.99. The molecule has 0 N–H and O–H groups in total. The summed E-state index contributed by atoms with van der Waals surface area (Å²) in [5, 5.41) is 6.91. The number of nitrogens with zero attached hydrogens (tertiary/aromatic N) is 1. The van der Waals surface area contributed by atoms with E-state index < -0.39 is 0 Å². The molecule has 3 nitrogen and oxygen atoms in total. The van der Waals surface area contributed by atoms with E-state index in [2.05, 4.69) is 229 Å². The number of para-hydroxylation sites is 3. The molecule has 0 saturated carbocycles. The average molecular weight is 856 g/mol. The lowest BCUT2D eigenvalue weighted by atomic mass is 9.87. The minimum atomic E-state index is 0.893. The Labute approximate surface area is 388 Å². The van der Waals surface area contributed by atoms with E-state index in [1.807, 2.05) is 24.3 Å². The van der Waals surface area contributed by atoms with E-state index in [1.165, 1.54) is 49.7 Å². The summed E-state index contributed by atoms with van der Waals surface area (Å²) in [6, 6.07) is 89.0. The molecular formula is C64H41NO2. The highest BCUT2D eigenvalue weighted by atomic mass is 16.3. The van der Waals surface area contributed by atoms with Crippen molar-refractivity contribution in [3.05, 3.63) is 249 Å².